The summed E-state index contributed by atoms with van der Waals surface area (Å²) in [6, 6.07) is 3.62. The number of thioether (sulfide) groups is 1. The zero-order chi connectivity index (χ0) is 9.84. The Labute approximate surface area is 89.7 Å². The fourth-order valence-electron chi connectivity index (χ4n) is 0.807. The molecule has 1 heterocycles. The molecule has 13 heavy (non-hydrogen) atoms. The van der Waals surface area contributed by atoms with Crippen molar-refractivity contribution in [2.75, 3.05) is 18.2 Å². The second-order valence-electron chi connectivity index (χ2n) is 2.36. The summed E-state index contributed by atoms with van der Waals surface area (Å²) in [7, 11) is 1.70. The van der Waals surface area contributed by atoms with Crippen LogP contribution in [0.5, 0.6) is 0 Å². The van der Waals surface area contributed by atoms with E-state index >= 15 is 0 Å². The van der Waals surface area contributed by atoms with Gasteiger partial charge in [0.15, 0.2) is 0 Å². The zero-order valence-electron chi connectivity index (χ0n) is 7.32. The van der Waals surface area contributed by atoms with E-state index in [1.54, 1.807) is 25.6 Å². The second kappa shape index (κ2) is 4.62. The van der Waals surface area contributed by atoms with Gasteiger partial charge in [-0.3, -0.25) is 9.69 Å². The van der Waals surface area contributed by atoms with Crippen LogP contribution in [-0.4, -0.2) is 23.5 Å². The summed E-state index contributed by atoms with van der Waals surface area (Å²) >= 11 is 4.48. The Hall–Kier alpha value is -0.550. The lowest BCUT2D eigenvalue weighted by atomic mass is 10.4. The monoisotopic (exact) mass is 260 g/mol. The lowest BCUT2D eigenvalue weighted by molar-refractivity contribution is 0.266. The Kier molecular flexibility index (Phi) is 3.74. The molecule has 0 fully saturated rings. The van der Waals surface area contributed by atoms with Crippen LogP contribution in [0.15, 0.2) is 22.8 Å². The number of anilines is 1. The van der Waals surface area contributed by atoms with E-state index in [1.165, 1.54) is 16.7 Å². The lowest BCUT2D eigenvalue weighted by Crippen LogP contribution is -2.22. The van der Waals surface area contributed by atoms with E-state index in [9.17, 15) is 4.79 Å². The highest BCUT2D eigenvalue weighted by atomic mass is 79.9. The molecule has 5 heteroatoms. The molecular weight excluding hydrogens is 252 g/mol. The zero-order valence-corrected chi connectivity index (χ0v) is 9.72. The molecule has 70 valence electrons. The highest BCUT2D eigenvalue weighted by molar-refractivity contribution is 9.10. The van der Waals surface area contributed by atoms with Gasteiger partial charge in [-0.05, 0) is 18.4 Å². The van der Waals surface area contributed by atoms with Gasteiger partial charge in [0.1, 0.15) is 5.82 Å². The minimum atomic E-state index is -0.0226. The van der Waals surface area contributed by atoms with Crippen molar-refractivity contribution in [2.45, 2.75) is 0 Å². The summed E-state index contributed by atoms with van der Waals surface area (Å²) in [6.07, 6.45) is 3.40. The molecule has 0 N–H and O–H groups in total. The first kappa shape index (κ1) is 10.5. The van der Waals surface area contributed by atoms with Crippen LogP contribution in [0.4, 0.5) is 10.6 Å². The molecule has 0 spiro atoms. The summed E-state index contributed by atoms with van der Waals surface area (Å²) in [5, 5.41) is -0.0226. The maximum absolute atomic E-state index is 11.3. The van der Waals surface area contributed by atoms with Crippen LogP contribution in [0.2, 0.25) is 0 Å². The van der Waals surface area contributed by atoms with Gasteiger partial charge in [0.2, 0.25) is 0 Å². The van der Waals surface area contributed by atoms with Gasteiger partial charge < -0.3 is 0 Å². The number of halogens is 1. The minimum absolute atomic E-state index is 0.0226. The van der Waals surface area contributed by atoms with Crippen molar-refractivity contribution in [3.8, 4) is 0 Å². The first-order valence-electron chi connectivity index (χ1n) is 3.58. The van der Waals surface area contributed by atoms with Crippen molar-refractivity contribution < 1.29 is 4.79 Å². The van der Waals surface area contributed by atoms with E-state index < -0.39 is 0 Å². The van der Waals surface area contributed by atoms with Gasteiger partial charge in [-0.2, -0.15) is 0 Å². The summed E-state index contributed by atoms with van der Waals surface area (Å²) in [5.74, 6) is 0.647. The van der Waals surface area contributed by atoms with E-state index in [0.29, 0.717) is 5.82 Å². The largest absolute Gasteiger partial charge is 0.291 e. The van der Waals surface area contributed by atoms with E-state index in [1.807, 2.05) is 6.07 Å². The predicted octanol–water partition coefficient (Wildman–Crippen LogP) is 2.76. The van der Waals surface area contributed by atoms with E-state index in [0.717, 1.165) is 4.47 Å². The van der Waals surface area contributed by atoms with E-state index in [4.69, 9.17) is 0 Å². The van der Waals surface area contributed by atoms with Gasteiger partial charge in [-0.15, -0.1) is 0 Å². The smallest absolute Gasteiger partial charge is 0.286 e. The van der Waals surface area contributed by atoms with Gasteiger partial charge in [0.25, 0.3) is 5.24 Å². The number of aromatic nitrogens is 1. The summed E-state index contributed by atoms with van der Waals surface area (Å²) in [6.45, 7) is 0. The second-order valence-corrected chi connectivity index (χ2v) is 4.03. The molecule has 0 aliphatic carbocycles. The third-order valence-electron chi connectivity index (χ3n) is 1.50. The minimum Gasteiger partial charge on any atom is -0.291 e. The molecule has 3 nitrogen and oxygen atoms in total. The number of nitrogens with zero attached hydrogens (tertiary/aromatic N) is 2. The molecule has 0 saturated carbocycles. The van der Waals surface area contributed by atoms with Crippen molar-refractivity contribution in [3.05, 3.63) is 22.8 Å². The van der Waals surface area contributed by atoms with Crippen LogP contribution in [0, 0.1) is 0 Å². The molecule has 0 aromatic carbocycles. The van der Waals surface area contributed by atoms with Gasteiger partial charge in [-0.25, -0.2) is 4.98 Å². The average molecular weight is 261 g/mol. The molecule has 0 unspecified atom stereocenters. The molecule has 0 saturated heterocycles. The molecule has 0 atom stereocenters. The molecule has 1 rings (SSSR count). The number of pyridine rings is 1. The first-order valence-corrected chi connectivity index (χ1v) is 5.60. The van der Waals surface area contributed by atoms with Crippen molar-refractivity contribution in [1.82, 2.24) is 4.98 Å². The molecule has 1 aromatic heterocycles. The number of amides is 1. The van der Waals surface area contributed by atoms with Crippen molar-refractivity contribution >= 4 is 38.7 Å². The molecule has 1 aromatic rings. The summed E-state index contributed by atoms with van der Waals surface area (Å²) in [5.41, 5.74) is 0. The van der Waals surface area contributed by atoms with Crippen molar-refractivity contribution in [1.29, 1.82) is 0 Å². The Morgan fingerprint density at radius 1 is 1.69 bits per heavy atom. The Bertz CT molecular complexity index is 319. The fraction of sp³-hybridized carbons (Fsp3) is 0.250. The third-order valence-corrected chi connectivity index (χ3v) is 2.62. The highest BCUT2D eigenvalue weighted by Crippen LogP contribution is 2.17. The Balaban J connectivity index is 2.88. The number of carbonyl (C=O) groups excluding carboxylic acids is 1. The van der Waals surface area contributed by atoms with Gasteiger partial charge in [-0.1, -0.05) is 27.7 Å². The molecule has 1 amide bonds. The third kappa shape index (κ3) is 2.70. The quantitative estimate of drug-likeness (QED) is 0.779. The molecule has 0 aliphatic rings. The summed E-state index contributed by atoms with van der Waals surface area (Å²) in [4.78, 5) is 16.8. The van der Waals surface area contributed by atoms with E-state index in [2.05, 4.69) is 20.9 Å². The topological polar surface area (TPSA) is 33.2 Å². The van der Waals surface area contributed by atoms with Crippen molar-refractivity contribution in [3.63, 3.8) is 0 Å². The van der Waals surface area contributed by atoms with Gasteiger partial charge in [0.05, 0.1) is 0 Å². The normalized spacial score (nSPS) is 9.77. The van der Waals surface area contributed by atoms with Gasteiger partial charge in [0, 0.05) is 17.7 Å². The van der Waals surface area contributed by atoms with Crippen molar-refractivity contribution in [2.24, 2.45) is 0 Å². The van der Waals surface area contributed by atoms with Crippen LogP contribution >= 0.6 is 27.7 Å². The standard InChI is InChI=1S/C8H9BrN2OS/c1-11(8(12)13-2)7-5-6(9)3-4-10-7/h3-5H,1-2H3. The Morgan fingerprint density at radius 2 is 2.38 bits per heavy atom. The lowest BCUT2D eigenvalue weighted by Gasteiger charge is -2.14. The molecular formula is C8H9BrN2OS. The first-order chi connectivity index (χ1) is 6.15. The molecule has 0 bridgehead atoms. The Morgan fingerprint density at radius 3 is 2.92 bits per heavy atom. The predicted molar refractivity (Wildman–Crippen MR) is 59.3 cm³/mol. The number of carbonyl (C=O) groups is 1. The fourth-order valence-corrected chi connectivity index (χ4v) is 1.50. The van der Waals surface area contributed by atoms with Crippen LogP contribution < -0.4 is 4.90 Å². The summed E-state index contributed by atoms with van der Waals surface area (Å²) < 4.78 is 0.915. The van der Waals surface area contributed by atoms with Gasteiger partial charge >= 0.3 is 0 Å². The SMILES string of the molecule is CSC(=O)N(C)c1cc(Br)ccn1. The van der Waals surface area contributed by atoms with Crippen LogP contribution in [0.25, 0.3) is 0 Å². The van der Waals surface area contributed by atoms with Crippen LogP contribution in [0.1, 0.15) is 0 Å². The maximum atomic E-state index is 11.3. The molecule has 0 radical (unpaired) electrons. The molecule has 0 aliphatic heterocycles. The van der Waals surface area contributed by atoms with E-state index in [-0.39, 0.29) is 5.24 Å². The average Bonchev–Trinajstić information content (AvgIpc) is 2.15. The number of hydrogen-bond donors (Lipinski definition) is 0. The maximum Gasteiger partial charge on any atom is 0.286 e. The van der Waals surface area contributed by atoms with Crippen LogP contribution in [-0.2, 0) is 0 Å². The number of hydrogen-bond acceptors (Lipinski definition) is 3. The van der Waals surface area contributed by atoms with Crippen LogP contribution in [0.3, 0.4) is 0 Å². The highest BCUT2D eigenvalue weighted by Gasteiger charge is 2.09. The number of rotatable bonds is 1.